The van der Waals surface area contributed by atoms with Gasteiger partial charge in [0.2, 0.25) is 5.91 Å². The summed E-state index contributed by atoms with van der Waals surface area (Å²) >= 11 is 0. The van der Waals surface area contributed by atoms with Crippen LogP contribution in [0.15, 0.2) is 42.5 Å². The van der Waals surface area contributed by atoms with Crippen LogP contribution in [0.4, 0.5) is 11.4 Å². The highest BCUT2D eigenvalue weighted by atomic mass is 16.6. The summed E-state index contributed by atoms with van der Waals surface area (Å²) in [5.41, 5.74) is 3.87. The molecule has 2 aromatic carbocycles. The Morgan fingerprint density at radius 1 is 1.15 bits per heavy atom. The summed E-state index contributed by atoms with van der Waals surface area (Å²) in [7, 11) is 0. The Kier molecular flexibility index (Phi) is 4.57. The minimum absolute atomic E-state index is 0.0176. The molecule has 0 bridgehead atoms. The van der Waals surface area contributed by atoms with Gasteiger partial charge in [-0.15, -0.1) is 0 Å². The number of nitrogens with zero attached hydrogens (tertiary/aromatic N) is 1. The normalized spacial score (nSPS) is 19.1. The van der Waals surface area contributed by atoms with Gasteiger partial charge in [0.25, 0.3) is 5.69 Å². The predicted molar refractivity (Wildman–Crippen MR) is 102 cm³/mol. The zero-order valence-corrected chi connectivity index (χ0v) is 15.6. The fourth-order valence-corrected chi connectivity index (χ4v) is 3.17. The van der Waals surface area contributed by atoms with Crippen LogP contribution in [0.25, 0.3) is 0 Å². The Morgan fingerprint density at radius 3 is 2.38 bits per heavy atom. The van der Waals surface area contributed by atoms with E-state index in [0.717, 1.165) is 12.0 Å². The number of carbonyl (C=O) groups excluding carboxylic acids is 1. The van der Waals surface area contributed by atoms with Crippen molar-refractivity contribution in [1.82, 2.24) is 0 Å². The van der Waals surface area contributed by atoms with Crippen molar-refractivity contribution in [3.63, 3.8) is 0 Å². The number of nitro groups is 1. The van der Waals surface area contributed by atoms with Crippen molar-refractivity contribution < 1.29 is 9.72 Å². The number of aryl methyl sites for hydroxylation is 1. The van der Waals surface area contributed by atoms with Gasteiger partial charge in [-0.3, -0.25) is 14.9 Å². The van der Waals surface area contributed by atoms with Gasteiger partial charge in [0.05, 0.1) is 10.6 Å². The van der Waals surface area contributed by atoms with E-state index in [-0.39, 0.29) is 28.8 Å². The fraction of sp³-hybridized carbons (Fsp3) is 0.381. The van der Waals surface area contributed by atoms with Crippen molar-refractivity contribution in [2.75, 3.05) is 5.32 Å². The maximum Gasteiger partial charge on any atom is 0.271 e. The molecule has 0 aliphatic heterocycles. The summed E-state index contributed by atoms with van der Waals surface area (Å²) in [6.07, 6.45) is 0.814. The standard InChI is InChI=1S/C21H24N2O3/c1-13-5-10-16(23(25)26)11-19(13)22-20(24)18-12-17(18)14-6-8-15(9-7-14)21(2,3)4/h5-11,17-18H,12H2,1-4H3,(H,22,24)/t17-,18-/m1/s1. The minimum Gasteiger partial charge on any atom is -0.325 e. The van der Waals surface area contributed by atoms with Gasteiger partial charge in [-0.25, -0.2) is 0 Å². The third-order valence-corrected chi connectivity index (χ3v) is 5.02. The van der Waals surface area contributed by atoms with E-state index in [1.54, 1.807) is 6.07 Å². The first-order valence-electron chi connectivity index (χ1n) is 8.83. The number of benzene rings is 2. The first kappa shape index (κ1) is 18.1. The molecule has 1 N–H and O–H groups in total. The maximum absolute atomic E-state index is 12.5. The number of nitrogens with one attached hydrogen (secondary N) is 1. The second-order valence-corrected chi connectivity index (χ2v) is 8.07. The van der Waals surface area contributed by atoms with Gasteiger partial charge in [0, 0.05) is 18.1 Å². The average molecular weight is 352 g/mol. The molecule has 0 aromatic heterocycles. The molecule has 1 amide bonds. The van der Waals surface area contributed by atoms with Crippen molar-refractivity contribution in [2.24, 2.45) is 5.92 Å². The number of anilines is 1. The molecule has 1 aliphatic carbocycles. The molecule has 0 saturated heterocycles. The summed E-state index contributed by atoms with van der Waals surface area (Å²) in [6.45, 7) is 8.36. The Morgan fingerprint density at radius 2 is 1.81 bits per heavy atom. The zero-order valence-electron chi connectivity index (χ0n) is 15.6. The lowest BCUT2D eigenvalue weighted by molar-refractivity contribution is -0.384. The Hall–Kier alpha value is -2.69. The fourth-order valence-electron chi connectivity index (χ4n) is 3.17. The Balaban J connectivity index is 1.68. The Labute approximate surface area is 153 Å². The molecular formula is C21H24N2O3. The third-order valence-electron chi connectivity index (χ3n) is 5.02. The lowest BCUT2D eigenvalue weighted by Crippen LogP contribution is -2.15. The molecule has 136 valence electrons. The molecule has 0 unspecified atom stereocenters. The van der Waals surface area contributed by atoms with E-state index >= 15 is 0 Å². The van der Waals surface area contributed by atoms with Gasteiger partial charge < -0.3 is 5.32 Å². The lowest BCUT2D eigenvalue weighted by atomic mass is 9.86. The monoisotopic (exact) mass is 352 g/mol. The predicted octanol–water partition coefficient (Wildman–Crippen LogP) is 4.94. The number of rotatable bonds is 4. The van der Waals surface area contributed by atoms with E-state index < -0.39 is 4.92 Å². The number of nitro benzene ring substituents is 1. The molecule has 5 heteroatoms. The molecule has 1 fully saturated rings. The first-order valence-corrected chi connectivity index (χ1v) is 8.83. The van der Waals surface area contributed by atoms with E-state index in [2.05, 4.69) is 50.4 Å². The molecule has 2 aromatic rings. The molecule has 2 atom stereocenters. The van der Waals surface area contributed by atoms with Crippen LogP contribution in [-0.2, 0) is 10.2 Å². The van der Waals surface area contributed by atoms with Crippen molar-refractivity contribution >= 4 is 17.3 Å². The second-order valence-electron chi connectivity index (χ2n) is 8.07. The van der Waals surface area contributed by atoms with Crippen LogP contribution in [0.2, 0.25) is 0 Å². The van der Waals surface area contributed by atoms with Gasteiger partial charge in [0.1, 0.15) is 0 Å². The molecule has 5 nitrogen and oxygen atoms in total. The highest BCUT2D eigenvalue weighted by molar-refractivity contribution is 5.96. The van der Waals surface area contributed by atoms with E-state index in [1.807, 2.05) is 6.92 Å². The van der Waals surface area contributed by atoms with Crippen LogP contribution in [0, 0.1) is 23.0 Å². The van der Waals surface area contributed by atoms with Crippen molar-refractivity contribution in [3.05, 3.63) is 69.3 Å². The number of non-ortho nitro benzene ring substituents is 1. The highest BCUT2D eigenvalue weighted by Gasteiger charge is 2.44. The van der Waals surface area contributed by atoms with Crippen LogP contribution in [0.3, 0.4) is 0 Å². The van der Waals surface area contributed by atoms with Gasteiger partial charge >= 0.3 is 0 Å². The van der Waals surface area contributed by atoms with E-state index in [1.165, 1.54) is 23.3 Å². The minimum atomic E-state index is -0.453. The summed E-state index contributed by atoms with van der Waals surface area (Å²) in [6, 6.07) is 13.0. The first-order chi connectivity index (χ1) is 12.2. The molecule has 0 radical (unpaired) electrons. The summed E-state index contributed by atoms with van der Waals surface area (Å²) in [5, 5.41) is 13.8. The highest BCUT2D eigenvalue weighted by Crippen LogP contribution is 2.48. The zero-order chi connectivity index (χ0) is 19.1. The maximum atomic E-state index is 12.5. The topological polar surface area (TPSA) is 72.2 Å². The molecule has 1 saturated carbocycles. The van der Waals surface area contributed by atoms with Crippen LogP contribution >= 0.6 is 0 Å². The second kappa shape index (κ2) is 6.56. The smallest absolute Gasteiger partial charge is 0.271 e. The summed E-state index contributed by atoms with van der Waals surface area (Å²) < 4.78 is 0. The summed E-state index contributed by atoms with van der Waals surface area (Å²) in [4.78, 5) is 23.0. The van der Waals surface area contributed by atoms with Gasteiger partial charge in [-0.05, 0) is 41.4 Å². The van der Waals surface area contributed by atoms with Crippen LogP contribution in [-0.4, -0.2) is 10.8 Å². The Bertz CT molecular complexity index is 851. The largest absolute Gasteiger partial charge is 0.325 e. The number of amides is 1. The third kappa shape index (κ3) is 3.77. The number of hydrogen-bond acceptors (Lipinski definition) is 3. The lowest BCUT2D eigenvalue weighted by Gasteiger charge is -2.19. The van der Waals surface area contributed by atoms with Crippen molar-refractivity contribution in [3.8, 4) is 0 Å². The number of carbonyl (C=O) groups is 1. The van der Waals surface area contributed by atoms with Crippen molar-refractivity contribution in [1.29, 1.82) is 0 Å². The molecule has 0 heterocycles. The molecule has 26 heavy (non-hydrogen) atoms. The van der Waals surface area contributed by atoms with Crippen LogP contribution in [0.5, 0.6) is 0 Å². The van der Waals surface area contributed by atoms with Gasteiger partial charge in [0.15, 0.2) is 0 Å². The van der Waals surface area contributed by atoms with E-state index in [0.29, 0.717) is 5.69 Å². The molecular weight excluding hydrogens is 328 g/mol. The molecule has 0 spiro atoms. The molecule has 1 aliphatic rings. The quantitative estimate of drug-likeness (QED) is 0.625. The van der Waals surface area contributed by atoms with Crippen molar-refractivity contribution in [2.45, 2.75) is 45.4 Å². The number of hydrogen-bond donors (Lipinski definition) is 1. The van der Waals surface area contributed by atoms with Crippen LogP contribution < -0.4 is 5.32 Å². The van der Waals surface area contributed by atoms with Gasteiger partial charge in [-0.2, -0.15) is 0 Å². The SMILES string of the molecule is Cc1ccc([N+](=O)[O-])cc1NC(=O)[C@@H]1C[C@@H]1c1ccc(C(C)(C)C)cc1. The summed E-state index contributed by atoms with van der Waals surface area (Å²) in [5.74, 6) is 0.0793. The molecule has 3 rings (SSSR count). The van der Waals surface area contributed by atoms with E-state index in [4.69, 9.17) is 0 Å². The average Bonchev–Trinajstić information content (AvgIpc) is 3.36. The van der Waals surface area contributed by atoms with Crippen LogP contribution in [0.1, 0.15) is 49.8 Å². The van der Waals surface area contributed by atoms with Gasteiger partial charge in [-0.1, -0.05) is 51.1 Å². The van der Waals surface area contributed by atoms with E-state index in [9.17, 15) is 14.9 Å².